The van der Waals surface area contributed by atoms with Gasteiger partial charge >= 0.3 is 0 Å². The van der Waals surface area contributed by atoms with E-state index in [-0.39, 0.29) is 16.2 Å². The number of pyridine rings is 1. The van der Waals surface area contributed by atoms with Crippen LogP contribution in [0.1, 0.15) is 18.2 Å². The van der Waals surface area contributed by atoms with Crippen LogP contribution < -0.4 is 4.74 Å². The number of sulfone groups is 1. The number of ether oxygens (including phenoxy) is 1. The van der Waals surface area contributed by atoms with Crippen LogP contribution in [0.3, 0.4) is 0 Å². The predicted molar refractivity (Wildman–Crippen MR) is 77.7 cm³/mol. The second-order valence-corrected chi connectivity index (χ2v) is 6.85. The molecular formula is C15H15F2NO3S. The van der Waals surface area contributed by atoms with Gasteiger partial charge in [-0.25, -0.2) is 17.2 Å². The molecule has 2 rings (SSSR count). The van der Waals surface area contributed by atoms with Crippen LogP contribution in [0.5, 0.6) is 5.75 Å². The highest BCUT2D eigenvalue weighted by Crippen LogP contribution is 2.29. The van der Waals surface area contributed by atoms with Gasteiger partial charge in [0.25, 0.3) is 5.92 Å². The van der Waals surface area contributed by atoms with Crippen molar-refractivity contribution in [1.29, 1.82) is 0 Å². The fourth-order valence-corrected chi connectivity index (χ4v) is 3.18. The van der Waals surface area contributed by atoms with E-state index in [0.29, 0.717) is 11.4 Å². The third kappa shape index (κ3) is 3.79. The fraction of sp³-hybridized carbons (Fsp3) is 0.267. The van der Waals surface area contributed by atoms with Crippen molar-refractivity contribution in [2.24, 2.45) is 0 Å². The van der Waals surface area contributed by atoms with E-state index in [1.165, 1.54) is 37.6 Å². The van der Waals surface area contributed by atoms with Crippen molar-refractivity contribution >= 4 is 9.84 Å². The number of alkyl halides is 2. The molecule has 118 valence electrons. The summed E-state index contributed by atoms with van der Waals surface area (Å²) in [5.74, 6) is -2.95. The van der Waals surface area contributed by atoms with E-state index < -0.39 is 15.8 Å². The predicted octanol–water partition coefficient (Wildman–Crippen LogP) is 3.18. The third-order valence-electron chi connectivity index (χ3n) is 3.07. The minimum atomic E-state index is -3.75. The zero-order valence-corrected chi connectivity index (χ0v) is 12.9. The molecule has 0 atom stereocenters. The highest BCUT2D eigenvalue weighted by Gasteiger charge is 2.26. The zero-order chi connectivity index (χ0) is 16.4. The van der Waals surface area contributed by atoms with E-state index in [4.69, 9.17) is 4.74 Å². The quantitative estimate of drug-likeness (QED) is 0.846. The summed E-state index contributed by atoms with van der Waals surface area (Å²) in [6.07, 6.45) is 1.40. The molecule has 0 N–H and O–H groups in total. The molecule has 0 saturated heterocycles. The Balaban J connectivity index is 2.30. The maximum Gasteiger partial charge on any atom is 0.270 e. The summed E-state index contributed by atoms with van der Waals surface area (Å²) < 4.78 is 56.2. The molecule has 0 spiro atoms. The average molecular weight is 327 g/mol. The van der Waals surface area contributed by atoms with Gasteiger partial charge in [-0.3, -0.25) is 4.98 Å². The second-order valence-electron chi connectivity index (χ2n) is 4.86. The van der Waals surface area contributed by atoms with Gasteiger partial charge in [-0.15, -0.1) is 0 Å². The Morgan fingerprint density at radius 1 is 1.23 bits per heavy atom. The van der Waals surface area contributed by atoms with Crippen molar-refractivity contribution in [3.63, 3.8) is 0 Å². The first kappa shape index (κ1) is 16.4. The highest BCUT2D eigenvalue weighted by atomic mass is 32.2. The second kappa shape index (κ2) is 6.00. The molecule has 0 radical (unpaired) electrons. The molecular weight excluding hydrogens is 312 g/mol. The molecule has 1 aromatic carbocycles. The van der Waals surface area contributed by atoms with Gasteiger partial charge in [0, 0.05) is 12.5 Å². The van der Waals surface area contributed by atoms with Crippen molar-refractivity contribution < 1.29 is 21.9 Å². The Morgan fingerprint density at radius 3 is 2.50 bits per heavy atom. The van der Waals surface area contributed by atoms with Crippen LogP contribution in [-0.2, 0) is 21.5 Å². The summed E-state index contributed by atoms with van der Waals surface area (Å²) >= 11 is 0. The normalized spacial score (nSPS) is 12.2. The van der Waals surface area contributed by atoms with Crippen molar-refractivity contribution in [3.05, 3.63) is 53.9 Å². The topological polar surface area (TPSA) is 56.3 Å². The van der Waals surface area contributed by atoms with Crippen LogP contribution in [0.25, 0.3) is 0 Å². The summed E-state index contributed by atoms with van der Waals surface area (Å²) in [5.41, 5.74) is -0.0225. The van der Waals surface area contributed by atoms with Crippen molar-refractivity contribution in [2.45, 2.75) is 23.5 Å². The molecule has 0 aliphatic rings. The molecule has 22 heavy (non-hydrogen) atoms. The van der Waals surface area contributed by atoms with Gasteiger partial charge in [-0.1, -0.05) is 12.1 Å². The van der Waals surface area contributed by atoms with Gasteiger partial charge in [0.2, 0.25) is 0 Å². The van der Waals surface area contributed by atoms with Gasteiger partial charge in [0.15, 0.2) is 9.84 Å². The van der Waals surface area contributed by atoms with Crippen LogP contribution in [0.15, 0.2) is 47.5 Å². The van der Waals surface area contributed by atoms with Gasteiger partial charge in [-0.2, -0.15) is 0 Å². The van der Waals surface area contributed by atoms with Crippen molar-refractivity contribution in [2.75, 3.05) is 7.11 Å². The summed E-state index contributed by atoms with van der Waals surface area (Å²) in [6, 6.07) is 7.92. The number of hydrogen-bond donors (Lipinski definition) is 0. The van der Waals surface area contributed by atoms with Crippen LogP contribution in [0.2, 0.25) is 0 Å². The lowest BCUT2D eigenvalue weighted by atomic mass is 10.1. The molecule has 2 aromatic rings. The molecule has 0 aliphatic heterocycles. The largest absolute Gasteiger partial charge is 0.495 e. The van der Waals surface area contributed by atoms with Crippen LogP contribution in [0, 0.1) is 0 Å². The molecule has 0 unspecified atom stereocenters. The summed E-state index contributed by atoms with van der Waals surface area (Å²) in [6.45, 7) is 0.726. The Kier molecular flexibility index (Phi) is 4.46. The Labute approximate surface area is 127 Å². The van der Waals surface area contributed by atoms with Gasteiger partial charge in [0.05, 0.1) is 29.6 Å². The molecule has 0 aliphatic carbocycles. The van der Waals surface area contributed by atoms with Crippen molar-refractivity contribution in [3.8, 4) is 5.75 Å². The molecule has 4 nitrogen and oxygen atoms in total. The summed E-state index contributed by atoms with van der Waals surface area (Å²) in [7, 11) is -2.28. The summed E-state index contributed by atoms with van der Waals surface area (Å²) in [5, 5.41) is 0. The maximum atomic E-state index is 13.3. The van der Waals surface area contributed by atoms with E-state index in [2.05, 4.69) is 4.98 Å². The van der Waals surface area contributed by atoms with Gasteiger partial charge in [-0.05, 0) is 24.3 Å². The number of hydrogen-bond acceptors (Lipinski definition) is 4. The number of benzene rings is 1. The molecule has 0 fully saturated rings. The van der Waals surface area contributed by atoms with Crippen LogP contribution >= 0.6 is 0 Å². The molecule has 0 amide bonds. The minimum Gasteiger partial charge on any atom is -0.495 e. The standard InChI is InChI=1S/C15H15F2NO3S/c1-15(16,17)11-4-3-5-14(8-11)22(19,20)10-12-6-7-13(21-2)9-18-12/h3-9H,10H2,1-2H3. The molecule has 1 heterocycles. The SMILES string of the molecule is COc1ccc(CS(=O)(=O)c2cccc(C(C)(F)F)c2)nc1. The first-order valence-corrected chi connectivity index (χ1v) is 8.07. The number of methoxy groups -OCH3 is 1. The first-order chi connectivity index (χ1) is 10.2. The van der Waals surface area contributed by atoms with Crippen LogP contribution in [-0.4, -0.2) is 20.5 Å². The lowest BCUT2D eigenvalue weighted by Gasteiger charge is -2.12. The molecule has 7 heteroatoms. The first-order valence-electron chi connectivity index (χ1n) is 6.42. The average Bonchev–Trinajstić information content (AvgIpc) is 2.47. The van der Waals surface area contributed by atoms with Gasteiger partial charge < -0.3 is 4.74 Å². The highest BCUT2D eigenvalue weighted by molar-refractivity contribution is 7.90. The van der Waals surface area contributed by atoms with E-state index in [9.17, 15) is 17.2 Å². The van der Waals surface area contributed by atoms with E-state index in [0.717, 1.165) is 13.0 Å². The third-order valence-corrected chi connectivity index (χ3v) is 4.72. The zero-order valence-electron chi connectivity index (χ0n) is 12.1. The summed E-state index contributed by atoms with van der Waals surface area (Å²) in [4.78, 5) is 3.83. The van der Waals surface area contributed by atoms with E-state index in [1.54, 1.807) is 6.07 Å². The van der Waals surface area contributed by atoms with Gasteiger partial charge in [0.1, 0.15) is 5.75 Å². The Hall–Kier alpha value is -2.02. The lowest BCUT2D eigenvalue weighted by Crippen LogP contribution is -2.10. The smallest absolute Gasteiger partial charge is 0.270 e. The van der Waals surface area contributed by atoms with Crippen molar-refractivity contribution in [1.82, 2.24) is 4.98 Å². The number of halogens is 2. The molecule has 1 aromatic heterocycles. The fourth-order valence-electron chi connectivity index (χ4n) is 1.86. The monoisotopic (exact) mass is 327 g/mol. The molecule has 0 bridgehead atoms. The number of aromatic nitrogens is 1. The van der Waals surface area contributed by atoms with Crippen LogP contribution in [0.4, 0.5) is 8.78 Å². The number of nitrogens with zero attached hydrogens (tertiary/aromatic N) is 1. The Bertz CT molecular complexity index is 753. The van der Waals surface area contributed by atoms with E-state index in [1.807, 2.05) is 0 Å². The Morgan fingerprint density at radius 2 is 1.95 bits per heavy atom. The molecule has 0 saturated carbocycles. The maximum absolute atomic E-state index is 13.3. The minimum absolute atomic E-state index is 0.149. The number of rotatable bonds is 5. The van der Waals surface area contributed by atoms with E-state index >= 15 is 0 Å². The lowest BCUT2D eigenvalue weighted by molar-refractivity contribution is 0.0172.